The lowest BCUT2D eigenvalue weighted by Crippen LogP contribution is -2.37. The Bertz CT molecular complexity index is 602. The first-order valence-corrected chi connectivity index (χ1v) is 7.59. The Hall–Kier alpha value is -2.24. The summed E-state index contributed by atoms with van der Waals surface area (Å²) in [4.78, 5) is 11.8. The zero-order chi connectivity index (χ0) is 16.5. The number of carbonyl (C=O) groups is 1. The predicted octanol–water partition coefficient (Wildman–Crippen LogP) is 1.81. The summed E-state index contributed by atoms with van der Waals surface area (Å²) in [6, 6.07) is 15.5. The van der Waals surface area contributed by atoms with Crippen LogP contribution in [0, 0.1) is 5.82 Å². The molecule has 3 N–H and O–H groups in total. The summed E-state index contributed by atoms with van der Waals surface area (Å²) in [6.45, 7) is 0.539. The van der Waals surface area contributed by atoms with Gasteiger partial charge in [0.25, 0.3) is 0 Å². The molecule has 2 aromatic rings. The van der Waals surface area contributed by atoms with E-state index < -0.39 is 0 Å². The molecule has 5 heteroatoms. The normalized spacial score (nSPS) is 11.9. The smallest absolute Gasteiger partial charge is 0.233 e. The van der Waals surface area contributed by atoms with Crippen LogP contribution >= 0.6 is 0 Å². The highest BCUT2D eigenvalue weighted by Gasteiger charge is 2.11. The Morgan fingerprint density at radius 3 is 2.43 bits per heavy atom. The Morgan fingerprint density at radius 1 is 1.09 bits per heavy atom. The van der Waals surface area contributed by atoms with E-state index in [4.69, 9.17) is 0 Å². The number of hydrogen-bond donors (Lipinski definition) is 3. The van der Waals surface area contributed by atoms with Gasteiger partial charge in [0.2, 0.25) is 5.91 Å². The molecule has 0 aliphatic carbocycles. The number of aliphatic hydroxyl groups excluding tert-OH is 1. The van der Waals surface area contributed by atoms with E-state index in [-0.39, 0.29) is 30.9 Å². The first-order valence-electron chi connectivity index (χ1n) is 7.59. The molecule has 1 atom stereocenters. The summed E-state index contributed by atoms with van der Waals surface area (Å²) < 4.78 is 12.8. The average Bonchev–Trinajstić information content (AvgIpc) is 2.58. The molecular weight excluding hydrogens is 295 g/mol. The minimum Gasteiger partial charge on any atom is -0.394 e. The molecular formula is C18H21FN2O2. The third kappa shape index (κ3) is 5.81. The molecule has 2 aromatic carbocycles. The number of amides is 1. The van der Waals surface area contributed by atoms with Gasteiger partial charge in [-0.05, 0) is 29.7 Å². The van der Waals surface area contributed by atoms with Crippen LogP contribution < -0.4 is 10.6 Å². The maximum absolute atomic E-state index is 12.8. The van der Waals surface area contributed by atoms with Crippen molar-refractivity contribution in [3.8, 4) is 0 Å². The van der Waals surface area contributed by atoms with Gasteiger partial charge in [0, 0.05) is 6.54 Å². The highest BCUT2D eigenvalue weighted by atomic mass is 19.1. The summed E-state index contributed by atoms with van der Waals surface area (Å²) in [5.74, 6) is -0.403. The van der Waals surface area contributed by atoms with Crippen molar-refractivity contribution in [2.24, 2.45) is 0 Å². The maximum Gasteiger partial charge on any atom is 0.233 e. The molecule has 0 aliphatic heterocycles. The Kier molecular flexibility index (Phi) is 6.72. The second kappa shape index (κ2) is 9.02. The number of rotatable bonds is 8. The second-order valence-electron chi connectivity index (χ2n) is 5.25. The van der Waals surface area contributed by atoms with Crippen LogP contribution in [-0.4, -0.2) is 30.7 Å². The number of carbonyl (C=O) groups excluding carboxylic acids is 1. The SMILES string of the molecule is O=C(CN[C@@H](CO)c1ccccc1)NCCc1ccc(F)cc1. The van der Waals surface area contributed by atoms with E-state index in [1.165, 1.54) is 12.1 Å². The Balaban J connectivity index is 1.71. The zero-order valence-corrected chi connectivity index (χ0v) is 12.8. The molecule has 122 valence electrons. The van der Waals surface area contributed by atoms with Crippen LogP contribution in [0.5, 0.6) is 0 Å². The fourth-order valence-corrected chi connectivity index (χ4v) is 2.25. The van der Waals surface area contributed by atoms with Crippen molar-refractivity contribution in [3.05, 3.63) is 71.5 Å². The molecule has 0 radical (unpaired) electrons. The number of benzene rings is 2. The quantitative estimate of drug-likeness (QED) is 0.696. The molecule has 0 saturated heterocycles. The van der Waals surface area contributed by atoms with Crippen molar-refractivity contribution in [1.82, 2.24) is 10.6 Å². The predicted molar refractivity (Wildman–Crippen MR) is 87.4 cm³/mol. The van der Waals surface area contributed by atoms with Crippen molar-refractivity contribution in [2.45, 2.75) is 12.5 Å². The first-order chi connectivity index (χ1) is 11.2. The monoisotopic (exact) mass is 316 g/mol. The maximum atomic E-state index is 12.8. The minimum absolute atomic E-state index is 0.0765. The van der Waals surface area contributed by atoms with Gasteiger partial charge in [-0.2, -0.15) is 0 Å². The molecule has 0 aromatic heterocycles. The molecule has 1 amide bonds. The van der Waals surface area contributed by atoms with Gasteiger partial charge < -0.3 is 10.4 Å². The second-order valence-corrected chi connectivity index (χ2v) is 5.25. The van der Waals surface area contributed by atoms with Crippen LogP contribution in [0.2, 0.25) is 0 Å². The van der Waals surface area contributed by atoms with Gasteiger partial charge in [-0.3, -0.25) is 10.1 Å². The number of halogens is 1. The van der Waals surface area contributed by atoms with Crippen LogP contribution in [-0.2, 0) is 11.2 Å². The van der Waals surface area contributed by atoms with Crippen LogP contribution in [0.25, 0.3) is 0 Å². The van der Waals surface area contributed by atoms with E-state index >= 15 is 0 Å². The number of nitrogens with one attached hydrogen (secondary N) is 2. The molecule has 0 spiro atoms. The molecule has 0 bridgehead atoms. The van der Waals surface area contributed by atoms with E-state index in [1.807, 2.05) is 30.3 Å². The summed E-state index contributed by atoms with van der Waals surface area (Å²) >= 11 is 0. The van der Waals surface area contributed by atoms with Gasteiger partial charge in [0.15, 0.2) is 0 Å². The van der Waals surface area contributed by atoms with Crippen LogP contribution in [0.3, 0.4) is 0 Å². The summed E-state index contributed by atoms with van der Waals surface area (Å²) in [5.41, 5.74) is 1.91. The third-order valence-corrected chi connectivity index (χ3v) is 3.54. The van der Waals surface area contributed by atoms with Gasteiger partial charge >= 0.3 is 0 Å². The molecule has 0 aliphatic rings. The summed E-state index contributed by atoms with van der Waals surface area (Å²) in [6.07, 6.45) is 0.647. The molecule has 0 unspecified atom stereocenters. The van der Waals surface area contributed by atoms with E-state index in [2.05, 4.69) is 10.6 Å². The van der Waals surface area contributed by atoms with Gasteiger partial charge in [-0.25, -0.2) is 4.39 Å². The van der Waals surface area contributed by atoms with Crippen molar-refractivity contribution < 1.29 is 14.3 Å². The Morgan fingerprint density at radius 2 is 1.78 bits per heavy atom. The molecule has 0 fully saturated rings. The van der Waals surface area contributed by atoms with Crippen LogP contribution in [0.4, 0.5) is 4.39 Å². The van der Waals surface area contributed by atoms with Crippen molar-refractivity contribution in [3.63, 3.8) is 0 Å². The van der Waals surface area contributed by atoms with Crippen LogP contribution in [0.1, 0.15) is 17.2 Å². The van der Waals surface area contributed by atoms with Gasteiger partial charge in [-0.1, -0.05) is 42.5 Å². The lowest BCUT2D eigenvalue weighted by atomic mass is 10.1. The summed E-state index contributed by atoms with van der Waals surface area (Å²) in [5, 5.41) is 15.2. The summed E-state index contributed by atoms with van der Waals surface area (Å²) in [7, 11) is 0. The largest absolute Gasteiger partial charge is 0.394 e. The fraction of sp³-hybridized carbons (Fsp3) is 0.278. The fourth-order valence-electron chi connectivity index (χ4n) is 2.25. The van der Waals surface area contributed by atoms with Crippen molar-refractivity contribution in [1.29, 1.82) is 0 Å². The lowest BCUT2D eigenvalue weighted by molar-refractivity contribution is -0.120. The number of hydrogen-bond acceptors (Lipinski definition) is 3. The zero-order valence-electron chi connectivity index (χ0n) is 12.8. The van der Waals surface area contributed by atoms with Gasteiger partial charge in [-0.15, -0.1) is 0 Å². The van der Waals surface area contributed by atoms with Crippen molar-refractivity contribution >= 4 is 5.91 Å². The topological polar surface area (TPSA) is 61.4 Å². The standard InChI is InChI=1S/C18H21FN2O2/c19-16-8-6-14(7-9-16)10-11-20-18(23)12-21-17(13-22)15-4-2-1-3-5-15/h1-9,17,21-22H,10-13H2,(H,20,23)/t17-/m0/s1. The molecule has 4 nitrogen and oxygen atoms in total. The first kappa shape index (κ1) is 17.1. The number of aliphatic hydroxyl groups is 1. The van der Waals surface area contributed by atoms with E-state index in [9.17, 15) is 14.3 Å². The van der Waals surface area contributed by atoms with Crippen LogP contribution in [0.15, 0.2) is 54.6 Å². The highest BCUT2D eigenvalue weighted by molar-refractivity contribution is 5.78. The van der Waals surface area contributed by atoms with E-state index in [0.717, 1.165) is 11.1 Å². The molecule has 23 heavy (non-hydrogen) atoms. The van der Waals surface area contributed by atoms with E-state index in [1.54, 1.807) is 12.1 Å². The van der Waals surface area contributed by atoms with Gasteiger partial charge in [0.1, 0.15) is 5.82 Å². The molecule has 0 saturated carbocycles. The van der Waals surface area contributed by atoms with Crippen molar-refractivity contribution in [2.75, 3.05) is 19.7 Å². The van der Waals surface area contributed by atoms with Gasteiger partial charge in [0.05, 0.1) is 19.2 Å². The highest BCUT2D eigenvalue weighted by Crippen LogP contribution is 2.10. The molecule has 2 rings (SSSR count). The lowest BCUT2D eigenvalue weighted by Gasteiger charge is -2.16. The average molecular weight is 316 g/mol. The molecule has 0 heterocycles. The minimum atomic E-state index is -0.266. The van der Waals surface area contributed by atoms with E-state index in [0.29, 0.717) is 13.0 Å². The Labute approximate surface area is 135 Å². The third-order valence-electron chi connectivity index (χ3n) is 3.54.